The quantitative estimate of drug-likeness (QED) is 0.0272. The second-order valence-electron chi connectivity index (χ2n) is 14.9. The fourth-order valence-electron chi connectivity index (χ4n) is 6.29. The van der Waals surface area contributed by atoms with Gasteiger partial charge in [-0.15, -0.1) is 0 Å². The maximum atomic E-state index is 12.6. The number of hydrogen-bond acceptors (Lipinski definition) is 7. The van der Waals surface area contributed by atoms with Crippen molar-refractivity contribution in [2.45, 2.75) is 219 Å². The maximum Gasteiger partial charge on any atom is 0.472 e. The van der Waals surface area contributed by atoms with Gasteiger partial charge in [-0.3, -0.25) is 13.8 Å². The van der Waals surface area contributed by atoms with Crippen molar-refractivity contribution in [3.63, 3.8) is 0 Å². The molecule has 53 heavy (non-hydrogen) atoms. The number of allylic oxidation sites excluding steroid dienone is 4. The average Bonchev–Trinajstić information content (AvgIpc) is 3.15. The van der Waals surface area contributed by atoms with Crippen LogP contribution in [0.15, 0.2) is 24.3 Å². The third kappa shape index (κ3) is 42.0. The highest BCUT2D eigenvalue weighted by Gasteiger charge is 2.25. The lowest BCUT2D eigenvalue weighted by molar-refractivity contribution is -0.154. The van der Waals surface area contributed by atoms with E-state index in [-0.39, 0.29) is 32.3 Å². The lowest BCUT2D eigenvalue weighted by Crippen LogP contribution is -2.28. The van der Waals surface area contributed by atoms with Gasteiger partial charge in [0.05, 0.1) is 19.8 Å². The van der Waals surface area contributed by atoms with Gasteiger partial charge in [0.15, 0.2) is 0 Å². The molecule has 9 heteroatoms. The molecule has 3 N–H and O–H groups in total. The zero-order valence-corrected chi connectivity index (χ0v) is 35.7. The first-order valence-corrected chi connectivity index (χ1v) is 23.8. The van der Waals surface area contributed by atoms with E-state index in [4.69, 9.17) is 24.3 Å². The van der Waals surface area contributed by atoms with E-state index in [9.17, 15) is 14.3 Å². The zero-order chi connectivity index (χ0) is 38.8. The Morgan fingerprint density at radius 2 is 0.981 bits per heavy atom. The first-order valence-electron chi connectivity index (χ1n) is 22.3. The van der Waals surface area contributed by atoms with E-state index in [1.54, 1.807) is 0 Å². The SMILES string of the molecule is CCC/C=C\CCCCCCCCOCC(COP(=O)(O)OCCN)OC(=O)CCCCCCCCCCCCC/C=C\CCCCCCCCCC. The van der Waals surface area contributed by atoms with Crippen molar-refractivity contribution in [2.75, 3.05) is 33.0 Å². The van der Waals surface area contributed by atoms with Gasteiger partial charge in [0.2, 0.25) is 0 Å². The molecule has 2 unspecified atom stereocenters. The summed E-state index contributed by atoms with van der Waals surface area (Å²) in [5.41, 5.74) is 5.36. The third-order valence-electron chi connectivity index (χ3n) is 9.57. The van der Waals surface area contributed by atoms with Crippen LogP contribution >= 0.6 is 7.82 Å². The van der Waals surface area contributed by atoms with Gasteiger partial charge >= 0.3 is 13.8 Å². The topological polar surface area (TPSA) is 117 Å². The van der Waals surface area contributed by atoms with E-state index in [1.807, 2.05) is 0 Å². The van der Waals surface area contributed by atoms with Crippen molar-refractivity contribution in [3.05, 3.63) is 24.3 Å². The van der Waals surface area contributed by atoms with Crippen molar-refractivity contribution in [2.24, 2.45) is 5.73 Å². The standard InChI is InChI=1S/C44H86NO7P/c1-3-5-7-9-11-13-15-16-17-18-19-20-21-22-23-24-25-26-27-29-31-33-35-37-44(46)52-43(42-51-53(47,48)50-40-38-45)41-49-39-36-34-32-30-28-14-12-10-8-6-4-2/h8,10,18-19,43H,3-7,9,11-17,20-42,45H2,1-2H3,(H,47,48)/b10-8-,19-18-. The molecule has 2 atom stereocenters. The van der Waals surface area contributed by atoms with E-state index in [2.05, 4.69) is 38.2 Å². The fourth-order valence-corrected chi connectivity index (χ4v) is 7.05. The second kappa shape index (κ2) is 42.1. The van der Waals surface area contributed by atoms with Crippen molar-refractivity contribution in [1.29, 1.82) is 0 Å². The molecule has 0 amide bonds. The van der Waals surface area contributed by atoms with E-state index in [0.29, 0.717) is 13.0 Å². The summed E-state index contributed by atoms with van der Waals surface area (Å²) in [6, 6.07) is 0. The van der Waals surface area contributed by atoms with Crippen LogP contribution in [0.3, 0.4) is 0 Å². The van der Waals surface area contributed by atoms with Gasteiger partial charge in [-0.05, 0) is 57.8 Å². The van der Waals surface area contributed by atoms with Crippen LogP contribution < -0.4 is 5.73 Å². The Kier molecular flexibility index (Phi) is 41.3. The van der Waals surface area contributed by atoms with Crippen LogP contribution in [0.25, 0.3) is 0 Å². The number of nitrogens with two attached hydrogens (primary N) is 1. The van der Waals surface area contributed by atoms with Crippen LogP contribution in [-0.4, -0.2) is 49.9 Å². The molecule has 0 radical (unpaired) electrons. The minimum absolute atomic E-state index is 0.0954. The van der Waals surface area contributed by atoms with Crippen molar-refractivity contribution < 1.29 is 32.8 Å². The predicted molar refractivity (Wildman–Crippen MR) is 224 cm³/mol. The second-order valence-corrected chi connectivity index (χ2v) is 16.4. The molecule has 0 heterocycles. The normalized spacial score (nSPS) is 13.7. The van der Waals surface area contributed by atoms with E-state index in [0.717, 1.165) is 32.1 Å². The van der Waals surface area contributed by atoms with Crippen LogP contribution in [0.4, 0.5) is 0 Å². The molecule has 0 bridgehead atoms. The molecule has 0 aromatic carbocycles. The first-order chi connectivity index (χ1) is 25.9. The summed E-state index contributed by atoms with van der Waals surface area (Å²) >= 11 is 0. The number of ether oxygens (including phenoxy) is 2. The molecule has 0 aliphatic carbocycles. The number of carbonyl (C=O) groups is 1. The summed E-state index contributed by atoms with van der Waals surface area (Å²) in [7, 11) is -4.27. The smallest absolute Gasteiger partial charge is 0.457 e. The molecule has 0 aliphatic rings. The number of phosphoric acid groups is 1. The summed E-state index contributed by atoms with van der Waals surface area (Å²) in [6.45, 7) is 4.88. The summed E-state index contributed by atoms with van der Waals surface area (Å²) < 4.78 is 33.4. The van der Waals surface area contributed by atoms with Gasteiger partial charge in [-0.2, -0.15) is 0 Å². The minimum Gasteiger partial charge on any atom is -0.457 e. The fraction of sp³-hybridized carbons (Fsp3) is 0.886. The molecule has 8 nitrogen and oxygen atoms in total. The minimum atomic E-state index is -4.27. The lowest BCUT2D eigenvalue weighted by atomic mass is 10.0. The zero-order valence-electron chi connectivity index (χ0n) is 34.8. The van der Waals surface area contributed by atoms with Crippen molar-refractivity contribution in [1.82, 2.24) is 0 Å². The van der Waals surface area contributed by atoms with Crippen LogP contribution in [0.1, 0.15) is 213 Å². The van der Waals surface area contributed by atoms with Crippen molar-refractivity contribution in [3.8, 4) is 0 Å². The summed E-state index contributed by atoms with van der Waals surface area (Å²) in [6.07, 6.45) is 46.3. The van der Waals surface area contributed by atoms with Gasteiger partial charge in [0, 0.05) is 19.6 Å². The molecule has 0 spiro atoms. The Morgan fingerprint density at radius 1 is 0.547 bits per heavy atom. The highest BCUT2D eigenvalue weighted by Crippen LogP contribution is 2.43. The molecule has 0 aromatic rings. The maximum absolute atomic E-state index is 12.6. The van der Waals surface area contributed by atoms with Gasteiger partial charge in [0.25, 0.3) is 0 Å². The van der Waals surface area contributed by atoms with Crippen molar-refractivity contribution >= 4 is 13.8 Å². The molecule has 314 valence electrons. The number of hydrogen-bond donors (Lipinski definition) is 2. The number of phosphoric ester groups is 1. The number of esters is 1. The Balaban J connectivity index is 3.91. The Morgan fingerprint density at radius 3 is 1.45 bits per heavy atom. The van der Waals surface area contributed by atoms with Gasteiger partial charge in [-0.25, -0.2) is 4.57 Å². The Bertz CT molecular complexity index is 869. The predicted octanol–water partition coefficient (Wildman–Crippen LogP) is 13.3. The van der Waals surface area contributed by atoms with Gasteiger partial charge in [-0.1, -0.05) is 173 Å². The molecule has 0 rings (SSSR count). The average molecular weight is 772 g/mol. The first kappa shape index (κ1) is 52.0. The molecule has 0 saturated heterocycles. The number of rotatable bonds is 43. The highest BCUT2D eigenvalue weighted by molar-refractivity contribution is 7.47. The number of carbonyl (C=O) groups excluding carboxylic acids is 1. The van der Waals surface area contributed by atoms with E-state index in [1.165, 1.54) is 161 Å². The highest BCUT2D eigenvalue weighted by atomic mass is 31.2. The molecule has 0 aliphatic heterocycles. The van der Waals surface area contributed by atoms with E-state index >= 15 is 0 Å². The Labute approximate surface area is 327 Å². The van der Waals surface area contributed by atoms with Crippen LogP contribution in [-0.2, 0) is 27.9 Å². The van der Waals surface area contributed by atoms with Crippen LogP contribution in [0, 0.1) is 0 Å². The molecule has 0 saturated carbocycles. The van der Waals surface area contributed by atoms with Gasteiger partial charge in [0.1, 0.15) is 6.10 Å². The molecular formula is C44H86NO7P. The van der Waals surface area contributed by atoms with Crippen LogP contribution in [0.2, 0.25) is 0 Å². The summed E-state index contributed by atoms with van der Waals surface area (Å²) in [5, 5.41) is 0. The largest absolute Gasteiger partial charge is 0.472 e. The molecular weight excluding hydrogens is 685 g/mol. The number of unbranched alkanes of at least 4 members (excludes halogenated alkanes) is 26. The van der Waals surface area contributed by atoms with E-state index < -0.39 is 13.9 Å². The van der Waals surface area contributed by atoms with Crippen LogP contribution in [0.5, 0.6) is 0 Å². The monoisotopic (exact) mass is 772 g/mol. The summed E-state index contributed by atoms with van der Waals surface area (Å²) in [4.78, 5) is 22.5. The van der Waals surface area contributed by atoms with Gasteiger partial charge < -0.3 is 20.1 Å². The molecule has 0 aromatic heterocycles. The third-order valence-corrected chi connectivity index (χ3v) is 10.6. The lowest BCUT2D eigenvalue weighted by Gasteiger charge is -2.20. The molecule has 0 fully saturated rings. The summed E-state index contributed by atoms with van der Waals surface area (Å²) in [5.74, 6) is -0.332. The Hall–Kier alpha value is -1.02.